The molecule has 0 spiro atoms. The van der Waals surface area contributed by atoms with Crippen LogP contribution in [-0.4, -0.2) is 69.9 Å². The number of likely N-dealkylation sites (N-methyl/N-ethyl adjacent to an activating group) is 1. The van der Waals surface area contributed by atoms with Gasteiger partial charge < -0.3 is 24.2 Å². The Kier molecular flexibility index (Phi) is 6.25. The van der Waals surface area contributed by atoms with E-state index in [2.05, 4.69) is 23.9 Å². The summed E-state index contributed by atoms with van der Waals surface area (Å²) in [7, 11) is 4.12. The van der Waals surface area contributed by atoms with Gasteiger partial charge in [0.1, 0.15) is 18.2 Å². The van der Waals surface area contributed by atoms with E-state index in [-0.39, 0.29) is 17.8 Å². The van der Waals surface area contributed by atoms with Gasteiger partial charge in [-0.1, -0.05) is 0 Å². The molecule has 2 aromatic carbocycles. The highest BCUT2D eigenvalue weighted by atomic mass is 19.1. The number of fused-ring (bicyclic) bond motifs is 1. The van der Waals surface area contributed by atoms with Gasteiger partial charge in [0.15, 0.2) is 0 Å². The monoisotopic (exact) mass is 453 g/mol. The largest absolute Gasteiger partial charge is 0.491 e. The first kappa shape index (κ1) is 22.2. The van der Waals surface area contributed by atoms with Crippen LogP contribution in [0, 0.1) is 5.82 Å². The molecule has 3 aliphatic rings. The minimum Gasteiger partial charge on any atom is -0.491 e. The van der Waals surface area contributed by atoms with Crippen LogP contribution in [0.3, 0.4) is 0 Å². The van der Waals surface area contributed by atoms with Crippen LogP contribution in [0.15, 0.2) is 36.4 Å². The van der Waals surface area contributed by atoms with Crippen LogP contribution in [0.1, 0.15) is 35.2 Å². The molecule has 176 valence electrons. The standard InChI is InChI=1S/C26H32FN3O3/c1-28(2)20-10-11-29(16-20)25-8-5-19(15-24(25)27)30-12-9-18-14-21(6-7-23(18)26(30)31)33-17-22-4-3-13-32-22/h5-8,14-15,20,22H,3-4,9-13,16-17H2,1-2H3/t20-,22?/m1/s1. The van der Waals surface area contributed by atoms with Crippen molar-refractivity contribution in [1.82, 2.24) is 4.90 Å². The zero-order chi connectivity index (χ0) is 22.9. The van der Waals surface area contributed by atoms with Gasteiger partial charge in [-0.05, 0) is 81.7 Å². The molecular weight excluding hydrogens is 421 g/mol. The lowest BCUT2D eigenvalue weighted by atomic mass is 9.98. The molecule has 3 aliphatic heterocycles. The zero-order valence-electron chi connectivity index (χ0n) is 19.4. The Morgan fingerprint density at radius 3 is 2.76 bits per heavy atom. The lowest BCUT2D eigenvalue weighted by Gasteiger charge is -2.30. The van der Waals surface area contributed by atoms with Crippen molar-refractivity contribution < 1.29 is 18.7 Å². The minimum absolute atomic E-state index is 0.0945. The molecule has 0 radical (unpaired) electrons. The number of hydrogen-bond donors (Lipinski definition) is 0. The third-order valence-corrected chi connectivity index (χ3v) is 7.09. The number of anilines is 2. The van der Waals surface area contributed by atoms with E-state index in [0.717, 1.165) is 50.3 Å². The third-order valence-electron chi connectivity index (χ3n) is 7.09. The summed E-state index contributed by atoms with van der Waals surface area (Å²) >= 11 is 0. The summed E-state index contributed by atoms with van der Waals surface area (Å²) < 4.78 is 26.6. The molecular formula is C26H32FN3O3. The van der Waals surface area contributed by atoms with Gasteiger partial charge >= 0.3 is 0 Å². The van der Waals surface area contributed by atoms with E-state index in [0.29, 0.717) is 42.6 Å². The minimum atomic E-state index is -0.275. The Hall–Kier alpha value is -2.64. The second kappa shape index (κ2) is 9.31. The molecule has 0 saturated carbocycles. The van der Waals surface area contributed by atoms with E-state index < -0.39 is 0 Å². The van der Waals surface area contributed by atoms with E-state index in [4.69, 9.17) is 9.47 Å². The van der Waals surface area contributed by atoms with Crippen molar-refractivity contribution in [2.45, 2.75) is 37.8 Å². The van der Waals surface area contributed by atoms with Crippen LogP contribution in [0.4, 0.5) is 15.8 Å². The van der Waals surface area contributed by atoms with Crippen LogP contribution in [-0.2, 0) is 11.2 Å². The normalized spacial score (nSPS) is 22.8. The number of nitrogens with zero attached hydrogens (tertiary/aromatic N) is 3. The number of carbonyl (C=O) groups excluding carboxylic acids is 1. The third kappa shape index (κ3) is 4.57. The molecule has 2 atom stereocenters. The van der Waals surface area contributed by atoms with E-state index in [1.807, 2.05) is 30.3 Å². The zero-order valence-corrected chi connectivity index (χ0v) is 19.4. The highest BCUT2D eigenvalue weighted by Crippen LogP contribution is 2.32. The van der Waals surface area contributed by atoms with Gasteiger partial charge in [0, 0.05) is 43.5 Å². The Morgan fingerprint density at radius 1 is 1.15 bits per heavy atom. The van der Waals surface area contributed by atoms with E-state index >= 15 is 4.39 Å². The van der Waals surface area contributed by atoms with Crippen molar-refractivity contribution in [2.24, 2.45) is 0 Å². The number of hydrogen-bond acceptors (Lipinski definition) is 5. The highest BCUT2D eigenvalue weighted by Gasteiger charge is 2.29. The van der Waals surface area contributed by atoms with Crippen LogP contribution < -0.4 is 14.5 Å². The molecule has 0 bridgehead atoms. The molecule has 2 aromatic rings. The number of halogens is 1. The number of benzene rings is 2. The maximum Gasteiger partial charge on any atom is 0.258 e. The molecule has 0 aromatic heterocycles. The molecule has 0 N–H and O–H groups in total. The molecule has 2 saturated heterocycles. The molecule has 7 heteroatoms. The second-order valence-electron chi connectivity index (χ2n) is 9.46. The Balaban J connectivity index is 1.27. The van der Waals surface area contributed by atoms with Crippen LogP contribution >= 0.6 is 0 Å². The fourth-order valence-corrected chi connectivity index (χ4v) is 5.07. The first-order valence-corrected chi connectivity index (χ1v) is 11.9. The topological polar surface area (TPSA) is 45.2 Å². The number of rotatable bonds is 6. The summed E-state index contributed by atoms with van der Waals surface area (Å²) in [6, 6.07) is 11.2. The Morgan fingerprint density at radius 2 is 2.03 bits per heavy atom. The Labute approximate surface area is 194 Å². The average Bonchev–Trinajstić information content (AvgIpc) is 3.50. The first-order chi connectivity index (χ1) is 16.0. The molecule has 1 amide bonds. The van der Waals surface area contributed by atoms with Gasteiger partial charge in [-0.15, -0.1) is 0 Å². The summed E-state index contributed by atoms with van der Waals surface area (Å²) in [5.41, 5.74) is 2.85. The van der Waals surface area contributed by atoms with Crippen molar-refractivity contribution in [2.75, 3.05) is 56.7 Å². The Bertz CT molecular complexity index is 1020. The number of amides is 1. The fraction of sp³-hybridized carbons (Fsp3) is 0.500. The second-order valence-corrected chi connectivity index (χ2v) is 9.46. The maximum absolute atomic E-state index is 15.1. The quantitative estimate of drug-likeness (QED) is 0.667. The highest BCUT2D eigenvalue weighted by molar-refractivity contribution is 6.08. The summed E-state index contributed by atoms with van der Waals surface area (Å²) in [6.45, 7) is 3.52. The number of carbonyl (C=O) groups is 1. The predicted molar refractivity (Wildman–Crippen MR) is 127 cm³/mol. The molecule has 5 rings (SSSR count). The van der Waals surface area contributed by atoms with Crippen molar-refractivity contribution >= 4 is 17.3 Å². The predicted octanol–water partition coefficient (Wildman–Crippen LogP) is 3.73. The van der Waals surface area contributed by atoms with Gasteiger partial charge in [-0.3, -0.25) is 4.79 Å². The van der Waals surface area contributed by atoms with Gasteiger partial charge in [0.25, 0.3) is 5.91 Å². The summed E-state index contributed by atoms with van der Waals surface area (Å²) in [5.74, 6) is 0.397. The van der Waals surface area contributed by atoms with Crippen molar-refractivity contribution in [1.29, 1.82) is 0 Å². The fourth-order valence-electron chi connectivity index (χ4n) is 5.07. The van der Waals surface area contributed by atoms with Gasteiger partial charge in [0.2, 0.25) is 0 Å². The molecule has 2 fully saturated rings. The number of ether oxygens (including phenoxy) is 2. The maximum atomic E-state index is 15.1. The SMILES string of the molecule is CN(C)[C@@H]1CCN(c2ccc(N3CCc4cc(OCC5CCCO5)ccc4C3=O)cc2F)C1. The molecule has 3 heterocycles. The van der Waals surface area contributed by atoms with Crippen LogP contribution in [0.5, 0.6) is 5.75 Å². The first-order valence-electron chi connectivity index (χ1n) is 11.9. The van der Waals surface area contributed by atoms with Crippen LogP contribution in [0.25, 0.3) is 0 Å². The molecule has 0 aliphatic carbocycles. The molecule has 6 nitrogen and oxygen atoms in total. The summed E-state index contributed by atoms with van der Waals surface area (Å²) in [4.78, 5) is 19.1. The summed E-state index contributed by atoms with van der Waals surface area (Å²) in [5, 5.41) is 0. The summed E-state index contributed by atoms with van der Waals surface area (Å²) in [6.07, 6.45) is 4.00. The lowest BCUT2D eigenvalue weighted by Crippen LogP contribution is -2.37. The van der Waals surface area contributed by atoms with Gasteiger partial charge in [0.05, 0.1) is 11.8 Å². The molecule has 33 heavy (non-hydrogen) atoms. The lowest BCUT2D eigenvalue weighted by molar-refractivity contribution is 0.0679. The smallest absolute Gasteiger partial charge is 0.258 e. The van der Waals surface area contributed by atoms with E-state index in [1.54, 1.807) is 4.90 Å². The van der Waals surface area contributed by atoms with Crippen molar-refractivity contribution in [3.05, 3.63) is 53.3 Å². The van der Waals surface area contributed by atoms with Crippen LogP contribution in [0.2, 0.25) is 0 Å². The average molecular weight is 454 g/mol. The van der Waals surface area contributed by atoms with Crippen molar-refractivity contribution in [3.63, 3.8) is 0 Å². The van der Waals surface area contributed by atoms with Gasteiger partial charge in [-0.25, -0.2) is 4.39 Å². The molecule has 1 unspecified atom stereocenters. The van der Waals surface area contributed by atoms with E-state index in [1.165, 1.54) is 6.07 Å². The van der Waals surface area contributed by atoms with E-state index in [9.17, 15) is 4.79 Å². The van der Waals surface area contributed by atoms with Crippen molar-refractivity contribution in [3.8, 4) is 5.75 Å². The van der Waals surface area contributed by atoms with Gasteiger partial charge in [-0.2, -0.15) is 0 Å².